The van der Waals surface area contributed by atoms with Crippen LogP contribution in [0, 0.1) is 5.92 Å². The lowest BCUT2D eigenvalue weighted by Crippen LogP contribution is -2.29. The van der Waals surface area contributed by atoms with Crippen LogP contribution >= 0.6 is 0 Å². The van der Waals surface area contributed by atoms with Crippen molar-refractivity contribution in [1.29, 1.82) is 0 Å². The summed E-state index contributed by atoms with van der Waals surface area (Å²) in [6, 6.07) is 6.19. The molecule has 0 spiro atoms. The molecule has 19 heavy (non-hydrogen) atoms. The van der Waals surface area contributed by atoms with Gasteiger partial charge in [0.05, 0.1) is 6.10 Å². The van der Waals surface area contributed by atoms with Crippen molar-refractivity contribution in [3.63, 3.8) is 0 Å². The molecule has 104 valence electrons. The summed E-state index contributed by atoms with van der Waals surface area (Å²) in [6.45, 7) is 1.05. The highest BCUT2D eigenvalue weighted by Gasteiger charge is 2.24. The minimum absolute atomic E-state index is 0.0635. The van der Waals surface area contributed by atoms with Gasteiger partial charge in [-0.3, -0.25) is 0 Å². The molecule has 3 N–H and O–H groups in total. The molecular formula is C16H23NO2. The first-order chi connectivity index (χ1) is 9.22. The Balaban J connectivity index is 1.55. The molecule has 1 aromatic carbocycles. The molecule has 0 radical (unpaired) electrons. The number of hydrogen-bond acceptors (Lipinski definition) is 3. The van der Waals surface area contributed by atoms with Crippen molar-refractivity contribution in [2.45, 2.75) is 50.7 Å². The number of rotatable bonds is 3. The Kier molecular flexibility index (Phi) is 3.76. The Morgan fingerprint density at radius 1 is 1.11 bits per heavy atom. The van der Waals surface area contributed by atoms with Crippen molar-refractivity contribution >= 4 is 0 Å². The minimum Gasteiger partial charge on any atom is -0.508 e. The first-order valence-corrected chi connectivity index (χ1v) is 7.45. The summed E-state index contributed by atoms with van der Waals surface area (Å²) >= 11 is 0. The van der Waals surface area contributed by atoms with Crippen molar-refractivity contribution in [3.8, 4) is 5.75 Å². The van der Waals surface area contributed by atoms with E-state index in [-0.39, 0.29) is 6.10 Å². The van der Waals surface area contributed by atoms with E-state index in [2.05, 4.69) is 11.4 Å². The van der Waals surface area contributed by atoms with E-state index in [1.165, 1.54) is 11.1 Å². The fourth-order valence-corrected chi connectivity index (χ4v) is 3.47. The van der Waals surface area contributed by atoms with Gasteiger partial charge < -0.3 is 15.5 Å². The van der Waals surface area contributed by atoms with Gasteiger partial charge in [0, 0.05) is 6.04 Å². The zero-order chi connectivity index (χ0) is 13.2. The van der Waals surface area contributed by atoms with Crippen molar-refractivity contribution in [1.82, 2.24) is 5.32 Å². The van der Waals surface area contributed by atoms with Gasteiger partial charge in [0.2, 0.25) is 0 Å². The first kappa shape index (κ1) is 12.9. The number of phenols is 1. The van der Waals surface area contributed by atoms with Crippen molar-refractivity contribution in [3.05, 3.63) is 29.3 Å². The van der Waals surface area contributed by atoms with Crippen LogP contribution in [0.15, 0.2) is 18.2 Å². The average molecular weight is 261 g/mol. The van der Waals surface area contributed by atoms with E-state index in [1.54, 1.807) is 6.07 Å². The third-order valence-corrected chi connectivity index (χ3v) is 4.67. The molecule has 3 nitrogen and oxygen atoms in total. The molecule has 0 heterocycles. The molecule has 1 saturated carbocycles. The van der Waals surface area contributed by atoms with Crippen molar-refractivity contribution < 1.29 is 10.2 Å². The second kappa shape index (κ2) is 5.51. The van der Waals surface area contributed by atoms with Crippen LogP contribution in [-0.2, 0) is 6.42 Å². The van der Waals surface area contributed by atoms with E-state index in [4.69, 9.17) is 0 Å². The van der Waals surface area contributed by atoms with Crippen LogP contribution in [-0.4, -0.2) is 22.9 Å². The number of benzene rings is 1. The van der Waals surface area contributed by atoms with Crippen LogP contribution in [0.25, 0.3) is 0 Å². The molecule has 0 aliphatic heterocycles. The number of fused-ring (bicyclic) bond motifs is 1. The minimum atomic E-state index is -0.0635. The number of aryl methyl sites for hydroxylation is 1. The predicted octanol–water partition coefficient (Wildman–Crippen LogP) is 2.52. The largest absolute Gasteiger partial charge is 0.508 e. The van der Waals surface area contributed by atoms with E-state index in [0.29, 0.717) is 17.7 Å². The number of aliphatic hydroxyl groups is 1. The average Bonchev–Trinajstić information content (AvgIpc) is 2.80. The monoisotopic (exact) mass is 261 g/mol. The zero-order valence-corrected chi connectivity index (χ0v) is 11.3. The maximum atomic E-state index is 9.52. The second-order valence-corrected chi connectivity index (χ2v) is 6.06. The van der Waals surface area contributed by atoms with E-state index < -0.39 is 0 Å². The second-order valence-electron chi connectivity index (χ2n) is 6.06. The van der Waals surface area contributed by atoms with Crippen molar-refractivity contribution in [2.24, 2.45) is 5.92 Å². The molecule has 1 fully saturated rings. The van der Waals surface area contributed by atoms with Crippen molar-refractivity contribution in [2.75, 3.05) is 6.54 Å². The summed E-state index contributed by atoms with van der Waals surface area (Å²) in [4.78, 5) is 0. The van der Waals surface area contributed by atoms with Crippen LogP contribution in [0.1, 0.15) is 49.3 Å². The summed E-state index contributed by atoms with van der Waals surface area (Å²) in [6.07, 6.45) is 6.33. The van der Waals surface area contributed by atoms with Crippen LogP contribution in [0.4, 0.5) is 0 Å². The number of aliphatic hydroxyl groups excluding tert-OH is 1. The third-order valence-electron chi connectivity index (χ3n) is 4.67. The molecule has 3 rings (SSSR count). The third kappa shape index (κ3) is 2.93. The summed E-state index contributed by atoms with van der Waals surface area (Å²) in [5, 5.41) is 22.7. The van der Waals surface area contributed by atoms with E-state index in [9.17, 15) is 10.2 Å². The smallest absolute Gasteiger partial charge is 0.115 e. The lowest BCUT2D eigenvalue weighted by Gasteiger charge is -2.27. The zero-order valence-electron chi connectivity index (χ0n) is 11.3. The molecule has 0 saturated heterocycles. The van der Waals surface area contributed by atoms with Gasteiger partial charge in [0.25, 0.3) is 0 Å². The van der Waals surface area contributed by atoms with Crippen LogP contribution in [0.2, 0.25) is 0 Å². The molecule has 0 bridgehead atoms. The van der Waals surface area contributed by atoms with E-state index >= 15 is 0 Å². The Hall–Kier alpha value is -1.06. The molecule has 2 aliphatic rings. The fraction of sp³-hybridized carbons (Fsp3) is 0.625. The molecule has 2 aliphatic carbocycles. The normalized spacial score (nSPS) is 30.3. The number of phenolic OH excluding ortho intramolecular Hbond substituents is 1. The maximum Gasteiger partial charge on any atom is 0.115 e. The standard InChI is InChI=1S/C16H23NO2/c18-13-4-1-11(2-5-13)10-17-16-8-3-12-9-14(19)6-7-15(12)16/h6-7,9,11,13,16-19H,1-5,8,10H2. The molecule has 0 aromatic heterocycles. The lowest BCUT2D eigenvalue weighted by molar-refractivity contribution is 0.107. The van der Waals surface area contributed by atoms with Gasteiger partial charge in [-0.25, -0.2) is 0 Å². The van der Waals surface area contributed by atoms with Crippen LogP contribution in [0.5, 0.6) is 5.75 Å². The number of nitrogens with one attached hydrogen (secondary N) is 1. The van der Waals surface area contributed by atoms with Gasteiger partial charge in [-0.2, -0.15) is 0 Å². The Labute approximate surface area is 114 Å². The highest BCUT2D eigenvalue weighted by molar-refractivity contribution is 5.40. The van der Waals surface area contributed by atoms with Crippen LogP contribution < -0.4 is 5.32 Å². The lowest BCUT2D eigenvalue weighted by atomic mass is 9.87. The highest BCUT2D eigenvalue weighted by Crippen LogP contribution is 2.34. The molecule has 1 unspecified atom stereocenters. The SMILES string of the molecule is Oc1ccc2c(c1)CCC2NCC1CCC(O)CC1. The Morgan fingerprint density at radius 2 is 1.89 bits per heavy atom. The van der Waals surface area contributed by atoms with Gasteiger partial charge in [0.15, 0.2) is 0 Å². The summed E-state index contributed by atoms with van der Waals surface area (Å²) in [5.74, 6) is 1.09. The van der Waals surface area contributed by atoms with Gasteiger partial charge in [-0.1, -0.05) is 6.07 Å². The number of hydrogen-bond donors (Lipinski definition) is 3. The highest BCUT2D eigenvalue weighted by atomic mass is 16.3. The molecular weight excluding hydrogens is 238 g/mol. The van der Waals surface area contributed by atoms with Gasteiger partial charge >= 0.3 is 0 Å². The quantitative estimate of drug-likeness (QED) is 0.783. The topological polar surface area (TPSA) is 52.5 Å². The summed E-state index contributed by atoms with van der Waals surface area (Å²) in [5.41, 5.74) is 2.64. The first-order valence-electron chi connectivity index (χ1n) is 7.45. The Morgan fingerprint density at radius 3 is 2.68 bits per heavy atom. The fourth-order valence-electron chi connectivity index (χ4n) is 3.47. The number of aromatic hydroxyl groups is 1. The Bertz CT molecular complexity index is 438. The van der Waals surface area contributed by atoms with Gasteiger partial charge in [-0.15, -0.1) is 0 Å². The van der Waals surface area contributed by atoms with E-state index in [1.807, 2.05) is 6.07 Å². The van der Waals surface area contributed by atoms with Crippen LogP contribution in [0.3, 0.4) is 0 Å². The van der Waals surface area contributed by atoms with Gasteiger partial charge in [0.1, 0.15) is 5.75 Å². The molecule has 3 heteroatoms. The molecule has 0 amide bonds. The molecule has 1 atom stereocenters. The molecule has 1 aromatic rings. The summed E-state index contributed by atoms with van der Waals surface area (Å²) in [7, 11) is 0. The predicted molar refractivity (Wildman–Crippen MR) is 75.1 cm³/mol. The maximum absolute atomic E-state index is 9.52. The van der Waals surface area contributed by atoms with E-state index in [0.717, 1.165) is 45.1 Å². The van der Waals surface area contributed by atoms with Gasteiger partial charge in [-0.05, 0) is 74.2 Å². The summed E-state index contributed by atoms with van der Waals surface area (Å²) < 4.78 is 0.